The van der Waals surface area contributed by atoms with E-state index < -0.39 is 0 Å². The highest BCUT2D eigenvalue weighted by Crippen LogP contribution is 2.50. The molecule has 2 aromatic carbocycles. The predicted molar refractivity (Wildman–Crippen MR) is 92.2 cm³/mol. The number of fused-ring (bicyclic) bond motifs is 3. The molecule has 3 unspecified atom stereocenters. The maximum Gasteiger partial charge on any atom is 0.337 e. The monoisotopic (exact) mass is 321 g/mol. The Bertz CT molecular complexity index is 810. The van der Waals surface area contributed by atoms with E-state index in [1.807, 2.05) is 24.3 Å². The lowest BCUT2D eigenvalue weighted by Crippen LogP contribution is -2.29. The van der Waals surface area contributed by atoms with Gasteiger partial charge in [0, 0.05) is 11.6 Å². The number of aromatic hydroxyl groups is 1. The fourth-order valence-corrected chi connectivity index (χ4v) is 3.85. The van der Waals surface area contributed by atoms with E-state index in [2.05, 4.69) is 17.5 Å². The first kappa shape index (κ1) is 14.8. The normalized spacial score (nSPS) is 24.0. The standard InChI is InChI=1S/C20H19NO3/c1-24-20(23)13-7-10-18-17(11-13)15-3-2-4-16(15)19(21-18)12-5-8-14(22)9-6-12/h2-3,5-11,15-16,19,21-22H,4H2,1H3. The fourth-order valence-electron chi connectivity index (χ4n) is 3.85. The average Bonchev–Trinajstić information content (AvgIpc) is 3.11. The summed E-state index contributed by atoms with van der Waals surface area (Å²) in [6.07, 6.45) is 5.44. The molecule has 2 aromatic rings. The highest BCUT2D eigenvalue weighted by atomic mass is 16.5. The molecule has 122 valence electrons. The zero-order chi connectivity index (χ0) is 16.7. The number of benzene rings is 2. The molecule has 2 N–H and O–H groups in total. The number of ether oxygens (including phenoxy) is 1. The van der Waals surface area contributed by atoms with Gasteiger partial charge in [0.1, 0.15) is 5.75 Å². The van der Waals surface area contributed by atoms with E-state index >= 15 is 0 Å². The molecule has 0 aromatic heterocycles. The van der Waals surface area contributed by atoms with Gasteiger partial charge in [-0.3, -0.25) is 0 Å². The molecule has 0 bridgehead atoms. The number of anilines is 1. The Hall–Kier alpha value is -2.75. The number of phenolic OH excluding ortho intramolecular Hbond substituents is 1. The molecule has 0 spiro atoms. The second-order valence-electron chi connectivity index (χ2n) is 6.36. The molecule has 0 fully saturated rings. The van der Waals surface area contributed by atoms with Gasteiger partial charge in [0.15, 0.2) is 0 Å². The van der Waals surface area contributed by atoms with Crippen molar-refractivity contribution in [3.05, 3.63) is 71.3 Å². The fraction of sp³-hybridized carbons (Fsp3) is 0.250. The average molecular weight is 321 g/mol. The zero-order valence-corrected chi connectivity index (χ0v) is 13.4. The van der Waals surface area contributed by atoms with Crippen LogP contribution in [-0.4, -0.2) is 18.2 Å². The second kappa shape index (κ2) is 5.71. The number of phenols is 1. The molecule has 0 amide bonds. The van der Waals surface area contributed by atoms with Crippen molar-refractivity contribution in [3.8, 4) is 5.75 Å². The van der Waals surface area contributed by atoms with Crippen molar-refractivity contribution in [1.29, 1.82) is 0 Å². The molecule has 4 rings (SSSR count). The summed E-state index contributed by atoms with van der Waals surface area (Å²) in [4.78, 5) is 11.8. The lowest BCUT2D eigenvalue weighted by Gasteiger charge is -2.37. The number of nitrogens with one attached hydrogen (secondary N) is 1. The van der Waals surface area contributed by atoms with Crippen LogP contribution in [0.2, 0.25) is 0 Å². The minimum Gasteiger partial charge on any atom is -0.508 e. The van der Waals surface area contributed by atoms with Gasteiger partial charge in [-0.05, 0) is 53.8 Å². The van der Waals surface area contributed by atoms with Crippen molar-refractivity contribution in [2.24, 2.45) is 5.92 Å². The SMILES string of the molecule is COC(=O)c1ccc2c(c1)C1C=CCC1C(c1ccc(O)cc1)N2. The van der Waals surface area contributed by atoms with Crippen molar-refractivity contribution >= 4 is 11.7 Å². The minimum absolute atomic E-state index is 0.182. The van der Waals surface area contributed by atoms with Crippen LogP contribution in [-0.2, 0) is 4.74 Å². The van der Waals surface area contributed by atoms with E-state index in [9.17, 15) is 9.90 Å². The van der Waals surface area contributed by atoms with E-state index in [0.717, 1.165) is 23.2 Å². The van der Waals surface area contributed by atoms with Gasteiger partial charge in [-0.15, -0.1) is 0 Å². The Labute approximate surface area is 140 Å². The second-order valence-corrected chi connectivity index (χ2v) is 6.36. The number of hydrogen-bond donors (Lipinski definition) is 2. The highest BCUT2D eigenvalue weighted by molar-refractivity contribution is 5.90. The Balaban J connectivity index is 1.74. The van der Waals surface area contributed by atoms with Crippen LogP contribution >= 0.6 is 0 Å². The molecule has 0 saturated carbocycles. The summed E-state index contributed by atoms with van der Waals surface area (Å²) in [6.45, 7) is 0. The number of methoxy groups -OCH3 is 1. The molecule has 4 nitrogen and oxygen atoms in total. The van der Waals surface area contributed by atoms with Crippen LogP contribution in [0.1, 0.15) is 39.9 Å². The Morgan fingerprint density at radius 2 is 2.00 bits per heavy atom. The van der Waals surface area contributed by atoms with Gasteiger partial charge in [0.2, 0.25) is 0 Å². The lowest BCUT2D eigenvalue weighted by atomic mass is 9.76. The van der Waals surface area contributed by atoms with Crippen LogP contribution in [0.25, 0.3) is 0 Å². The Morgan fingerprint density at radius 1 is 1.21 bits per heavy atom. The van der Waals surface area contributed by atoms with Crippen LogP contribution in [0.15, 0.2) is 54.6 Å². The summed E-state index contributed by atoms with van der Waals surface area (Å²) in [7, 11) is 1.40. The number of allylic oxidation sites excluding steroid dienone is 2. The topological polar surface area (TPSA) is 58.6 Å². The van der Waals surface area contributed by atoms with Gasteiger partial charge in [0.25, 0.3) is 0 Å². The van der Waals surface area contributed by atoms with Crippen molar-refractivity contribution < 1.29 is 14.6 Å². The third-order valence-electron chi connectivity index (χ3n) is 5.04. The van der Waals surface area contributed by atoms with Crippen LogP contribution < -0.4 is 5.32 Å². The van der Waals surface area contributed by atoms with E-state index in [1.54, 1.807) is 18.2 Å². The predicted octanol–water partition coefficient (Wildman–Crippen LogP) is 4.01. The summed E-state index contributed by atoms with van der Waals surface area (Å²) in [5.74, 6) is 0.648. The van der Waals surface area contributed by atoms with Crippen molar-refractivity contribution in [1.82, 2.24) is 0 Å². The maximum atomic E-state index is 11.8. The smallest absolute Gasteiger partial charge is 0.337 e. The first-order chi connectivity index (χ1) is 11.7. The first-order valence-corrected chi connectivity index (χ1v) is 8.12. The van der Waals surface area contributed by atoms with Gasteiger partial charge < -0.3 is 15.2 Å². The molecule has 2 aliphatic rings. The number of esters is 1. The highest BCUT2D eigenvalue weighted by Gasteiger charge is 2.38. The number of rotatable bonds is 2. The van der Waals surface area contributed by atoms with Crippen molar-refractivity contribution in [2.45, 2.75) is 18.4 Å². The van der Waals surface area contributed by atoms with E-state index in [1.165, 1.54) is 7.11 Å². The van der Waals surface area contributed by atoms with Gasteiger partial charge in [-0.2, -0.15) is 0 Å². The number of carbonyl (C=O) groups excluding carboxylic acids is 1. The van der Waals surface area contributed by atoms with E-state index in [4.69, 9.17) is 4.74 Å². The molecule has 24 heavy (non-hydrogen) atoms. The molecule has 0 saturated heterocycles. The molecular weight excluding hydrogens is 302 g/mol. The Kier molecular flexibility index (Phi) is 3.53. The summed E-state index contributed by atoms with van der Waals surface area (Å²) in [5.41, 5.74) is 3.94. The molecule has 1 heterocycles. The van der Waals surface area contributed by atoms with E-state index in [0.29, 0.717) is 11.5 Å². The third kappa shape index (κ3) is 2.35. The molecule has 1 aliphatic carbocycles. The van der Waals surface area contributed by atoms with Gasteiger partial charge >= 0.3 is 5.97 Å². The number of hydrogen-bond acceptors (Lipinski definition) is 4. The van der Waals surface area contributed by atoms with Crippen LogP contribution in [0, 0.1) is 5.92 Å². The zero-order valence-electron chi connectivity index (χ0n) is 13.4. The van der Waals surface area contributed by atoms with Gasteiger partial charge in [-0.25, -0.2) is 4.79 Å². The van der Waals surface area contributed by atoms with Gasteiger partial charge in [0.05, 0.1) is 18.7 Å². The summed E-state index contributed by atoms with van der Waals surface area (Å²) in [6, 6.07) is 13.3. The lowest BCUT2D eigenvalue weighted by molar-refractivity contribution is 0.0600. The summed E-state index contributed by atoms with van der Waals surface area (Å²) >= 11 is 0. The minimum atomic E-state index is -0.308. The summed E-state index contributed by atoms with van der Waals surface area (Å²) < 4.78 is 4.84. The largest absolute Gasteiger partial charge is 0.508 e. The molecular formula is C20H19NO3. The van der Waals surface area contributed by atoms with Crippen molar-refractivity contribution in [2.75, 3.05) is 12.4 Å². The third-order valence-corrected chi connectivity index (χ3v) is 5.04. The van der Waals surface area contributed by atoms with Crippen LogP contribution in [0.5, 0.6) is 5.75 Å². The van der Waals surface area contributed by atoms with E-state index in [-0.39, 0.29) is 23.7 Å². The Morgan fingerprint density at radius 3 is 2.75 bits per heavy atom. The molecule has 3 atom stereocenters. The van der Waals surface area contributed by atoms with Crippen LogP contribution in [0.4, 0.5) is 5.69 Å². The molecule has 1 aliphatic heterocycles. The molecule has 4 heteroatoms. The maximum absolute atomic E-state index is 11.8. The van der Waals surface area contributed by atoms with Crippen LogP contribution in [0.3, 0.4) is 0 Å². The number of carbonyl (C=O) groups is 1. The summed E-state index contributed by atoms with van der Waals surface area (Å²) in [5, 5.41) is 13.1. The first-order valence-electron chi connectivity index (χ1n) is 8.12. The molecule has 0 radical (unpaired) electrons. The quantitative estimate of drug-likeness (QED) is 0.648. The van der Waals surface area contributed by atoms with Crippen molar-refractivity contribution in [3.63, 3.8) is 0 Å². The van der Waals surface area contributed by atoms with Gasteiger partial charge in [-0.1, -0.05) is 24.3 Å².